The Kier molecular flexibility index (Phi) is 3.17. The number of aromatic nitrogens is 1. The van der Waals surface area contributed by atoms with Crippen LogP contribution in [-0.4, -0.2) is 29.4 Å². The zero-order chi connectivity index (χ0) is 13.4. The van der Waals surface area contributed by atoms with E-state index in [1.807, 2.05) is 11.9 Å². The van der Waals surface area contributed by atoms with E-state index >= 15 is 0 Å². The molecule has 102 valence electrons. The molecule has 1 aromatic heterocycles. The summed E-state index contributed by atoms with van der Waals surface area (Å²) in [6.45, 7) is 0.855. The number of carbonyl (C=O) groups is 1. The van der Waals surface area contributed by atoms with E-state index in [0.717, 1.165) is 18.4 Å². The minimum atomic E-state index is -0.00614. The van der Waals surface area contributed by atoms with Crippen LogP contribution in [0.1, 0.15) is 36.0 Å². The van der Waals surface area contributed by atoms with Gasteiger partial charge in [-0.25, -0.2) is 4.98 Å². The van der Waals surface area contributed by atoms with Crippen LogP contribution >= 0.6 is 0 Å². The first-order valence-corrected chi connectivity index (χ1v) is 7.11. The highest BCUT2D eigenvalue weighted by atomic mass is 16.2. The Hall–Kier alpha value is -1.58. The fourth-order valence-corrected chi connectivity index (χ4v) is 3.84. The molecule has 2 aliphatic carbocycles. The van der Waals surface area contributed by atoms with Crippen LogP contribution in [0.25, 0.3) is 0 Å². The molecule has 3 atom stereocenters. The van der Waals surface area contributed by atoms with Gasteiger partial charge in [0.15, 0.2) is 0 Å². The average Bonchev–Trinajstić information content (AvgIpc) is 3.00. The number of nitrogens with two attached hydrogens (primary N) is 1. The summed E-state index contributed by atoms with van der Waals surface area (Å²) in [5.74, 6) is 2.76. The van der Waals surface area contributed by atoms with E-state index in [1.54, 1.807) is 18.3 Å². The molecular weight excluding hydrogens is 238 g/mol. The van der Waals surface area contributed by atoms with Crippen molar-refractivity contribution in [1.29, 1.82) is 0 Å². The lowest BCUT2D eigenvalue weighted by Gasteiger charge is -2.27. The number of fused-ring (bicyclic) bond motifs is 2. The maximum absolute atomic E-state index is 12.4. The highest BCUT2D eigenvalue weighted by Crippen LogP contribution is 2.48. The maximum atomic E-state index is 12.4. The third kappa shape index (κ3) is 2.31. The van der Waals surface area contributed by atoms with Crippen molar-refractivity contribution in [3.05, 3.63) is 23.9 Å². The van der Waals surface area contributed by atoms with Gasteiger partial charge in [0.25, 0.3) is 5.91 Å². The molecule has 3 unspecified atom stereocenters. The second-order valence-corrected chi connectivity index (χ2v) is 6.06. The molecule has 0 aliphatic heterocycles. The van der Waals surface area contributed by atoms with Crippen LogP contribution in [0.2, 0.25) is 0 Å². The SMILES string of the molecule is CN(CC1CC2CCC1C2)C(=O)c1cccnc1N. The van der Waals surface area contributed by atoms with E-state index in [4.69, 9.17) is 5.73 Å². The number of amides is 1. The number of nitrogens with zero attached hydrogens (tertiary/aromatic N) is 2. The molecule has 2 bridgehead atoms. The average molecular weight is 259 g/mol. The largest absolute Gasteiger partial charge is 0.383 e. The van der Waals surface area contributed by atoms with E-state index in [0.29, 0.717) is 17.3 Å². The molecule has 2 fully saturated rings. The predicted molar refractivity (Wildman–Crippen MR) is 74.5 cm³/mol. The van der Waals surface area contributed by atoms with Crippen LogP contribution in [0.4, 0.5) is 5.82 Å². The topological polar surface area (TPSA) is 59.2 Å². The fraction of sp³-hybridized carbons (Fsp3) is 0.600. The summed E-state index contributed by atoms with van der Waals surface area (Å²) in [4.78, 5) is 18.2. The van der Waals surface area contributed by atoms with E-state index in [2.05, 4.69) is 4.98 Å². The minimum absolute atomic E-state index is 0.00614. The van der Waals surface area contributed by atoms with Gasteiger partial charge in [0.1, 0.15) is 5.82 Å². The Morgan fingerprint density at radius 3 is 2.95 bits per heavy atom. The molecule has 1 amide bonds. The Morgan fingerprint density at radius 1 is 1.47 bits per heavy atom. The Labute approximate surface area is 114 Å². The van der Waals surface area contributed by atoms with Gasteiger partial charge in [0.2, 0.25) is 0 Å². The van der Waals surface area contributed by atoms with Crippen molar-refractivity contribution in [2.75, 3.05) is 19.3 Å². The number of carbonyl (C=O) groups excluding carboxylic acids is 1. The van der Waals surface area contributed by atoms with Crippen molar-refractivity contribution in [3.63, 3.8) is 0 Å². The molecule has 1 heterocycles. The number of nitrogen functional groups attached to an aromatic ring is 1. The maximum Gasteiger partial charge on any atom is 0.257 e. The lowest BCUT2D eigenvalue weighted by Crippen LogP contribution is -2.34. The number of pyridine rings is 1. The van der Waals surface area contributed by atoms with Gasteiger partial charge in [0.05, 0.1) is 5.56 Å². The monoisotopic (exact) mass is 259 g/mol. The normalized spacial score (nSPS) is 28.6. The zero-order valence-corrected chi connectivity index (χ0v) is 11.4. The van der Waals surface area contributed by atoms with Crippen molar-refractivity contribution in [1.82, 2.24) is 9.88 Å². The van der Waals surface area contributed by atoms with Crippen molar-refractivity contribution in [3.8, 4) is 0 Å². The van der Waals surface area contributed by atoms with Crippen LogP contribution in [0.15, 0.2) is 18.3 Å². The molecule has 0 saturated heterocycles. The number of rotatable bonds is 3. The summed E-state index contributed by atoms with van der Waals surface area (Å²) >= 11 is 0. The molecule has 2 aliphatic rings. The summed E-state index contributed by atoms with van der Waals surface area (Å²) in [5.41, 5.74) is 6.29. The Morgan fingerprint density at radius 2 is 2.32 bits per heavy atom. The molecular formula is C15H21N3O. The Bertz CT molecular complexity index is 488. The van der Waals surface area contributed by atoms with Crippen LogP contribution in [0.5, 0.6) is 0 Å². The number of hydrogen-bond donors (Lipinski definition) is 1. The van der Waals surface area contributed by atoms with E-state index in [9.17, 15) is 4.79 Å². The van der Waals surface area contributed by atoms with Gasteiger partial charge in [-0.15, -0.1) is 0 Å². The van der Waals surface area contributed by atoms with Gasteiger partial charge < -0.3 is 10.6 Å². The standard InChI is InChI=1S/C15H21N3O/c1-18(9-12-8-10-4-5-11(12)7-10)15(19)13-3-2-6-17-14(13)16/h2-3,6,10-12H,4-5,7-9H2,1H3,(H2,16,17). The first-order valence-electron chi connectivity index (χ1n) is 7.11. The molecule has 0 aromatic carbocycles. The van der Waals surface area contributed by atoms with Crippen LogP contribution in [0.3, 0.4) is 0 Å². The van der Waals surface area contributed by atoms with Crippen LogP contribution in [0, 0.1) is 17.8 Å². The predicted octanol–water partition coefficient (Wildman–Crippen LogP) is 2.17. The quantitative estimate of drug-likeness (QED) is 0.905. The molecule has 2 saturated carbocycles. The van der Waals surface area contributed by atoms with Crippen LogP contribution in [-0.2, 0) is 0 Å². The summed E-state index contributed by atoms with van der Waals surface area (Å²) in [7, 11) is 1.88. The lowest BCUT2D eigenvalue weighted by atomic mass is 9.88. The molecule has 2 N–H and O–H groups in total. The van der Waals surface area contributed by atoms with Gasteiger partial charge >= 0.3 is 0 Å². The first kappa shape index (κ1) is 12.5. The van der Waals surface area contributed by atoms with Crippen molar-refractivity contribution in [2.24, 2.45) is 17.8 Å². The third-order valence-corrected chi connectivity index (χ3v) is 4.81. The highest BCUT2D eigenvalue weighted by molar-refractivity contribution is 5.98. The molecule has 4 heteroatoms. The second-order valence-electron chi connectivity index (χ2n) is 6.06. The van der Waals surface area contributed by atoms with E-state index < -0.39 is 0 Å². The van der Waals surface area contributed by atoms with Gasteiger partial charge in [-0.3, -0.25) is 4.79 Å². The molecule has 0 spiro atoms. The molecule has 1 aromatic rings. The van der Waals surface area contributed by atoms with Gasteiger partial charge in [-0.2, -0.15) is 0 Å². The summed E-state index contributed by atoms with van der Waals surface area (Å²) in [6.07, 6.45) is 7.04. The van der Waals surface area contributed by atoms with Gasteiger partial charge in [0, 0.05) is 19.8 Å². The van der Waals surface area contributed by atoms with Crippen LogP contribution < -0.4 is 5.73 Å². The summed E-state index contributed by atoms with van der Waals surface area (Å²) in [5, 5.41) is 0. The Balaban J connectivity index is 1.66. The van der Waals surface area contributed by atoms with Crippen molar-refractivity contribution >= 4 is 11.7 Å². The first-order chi connectivity index (χ1) is 9.15. The molecule has 3 rings (SSSR count). The van der Waals surface area contributed by atoms with Crippen molar-refractivity contribution in [2.45, 2.75) is 25.7 Å². The number of hydrogen-bond acceptors (Lipinski definition) is 3. The summed E-state index contributed by atoms with van der Waals surface area (Å²) < 4.78 is 0. The minimum Gasteiger partial charge on any atom is -0.383 e. The van der Waals surface area contributed by atoms with Gasteiger partial charge in [-0.05, 0) is 49.1 Å². The molecule has 0 radical (unpaired) electrons. The van der Waals surface area contributed by atoms with E-state index in [-0.39, 0.29) is 5.91 Å². The molecule has 4 nitrogen and oxygen atoms in total. The van der Waals surface area contributed by atoms with Crippen molar-refractivity contribution < 1.29 is 4.79 Å². The van der Waals surface area contributed by atoms with Gasteiger partial charge in [-0.1, -0.05) is 6.42 Å². The smallest absolute Gasteiger partial charge is 0.257 e. The molecule has 19 heavy (non-hydrogen) atoms. The number of anilines is 1. The second kappa shape index (κ2) is 4.83. The van der Waals surface area contributed by atoms with E-state index in [1.165, 1.54) is 25.7 Å². The lowest BCUT2D eigenvalue weighted by molar-refractivity contribution is 0.0755. The highest BCUT2D eigenvalue weighted by Gasteiger charge is 2.40. The zero-order valence-electron chi connectivity index (χ0n) is 11.4. The third-order valence-electron chi connectivity index (χ3n) is 4.81. The fourth-order valence-electron chi connectivity index (χ4n) is 3.84. The summed E-state index contributed by atoms with van der Waals surface area (Å²) in [6, 6.07) is 3.51.